The zero-order valence-corrected chi connectivity index (χ0v) is 15.1. The van der Waals surface area contributed by atoms with Crippen LogP contribution in [0.3, 0.4) is 0 Å². The average Bonchev–Trinajstić information content (AvgIpc) is 3.41. The molecule has 1 aliphatic carbocycles. The zero-order chi connectivity index (χ0) is 17.6. The van der Waals surface area contributed by atoms with Crippen molar-refractivity contribution in [2.24, 2.45) is 11.8 Å². The van der Waals surface area contributed by atoms with Gasteiger partial charge in [0.25, 0.3) is 0 Å². The van der Waals surface area contributed by atoms with Gasteiger partial charge in [-0.15, -0.1) is 0 Å². The van der Waals surface area contributed by atoms with E-state index in [1.807, 2.05) is 36.1 Å². The van der Waals surface area contributed by atoms with Gasteiger partial charge in [-0.1, -0.05) is 31.2 Å². The quantitative estimate of drug-likeness (QED) is 0.908. The van der Waals surface area contributed by atoms with Gasteiger partial charge in [0.05, 0.1) is 6.04 Å². The van der Waals surface area contributed by atoms with Crippen LogP contribution >= 0.6 is 0 Å². The Bertz CT molecular complexity index is 799. The van der Waals surface area contributed by atoms with Gasteiger partial charge in [0.2, 0.25) is 5.91 Å². The summed E-state index contributed by atoms with van der Waals surface area (Å²) in [6.07, 6.45) is 2.44. The van der Waals surface area contributed by atoms with Gasteiger partial charge in [-0.05, 0) is 49.4 Å². The van der Waals surface area contributed by atoms with Crippen molar-refractivity contribution in [2.45, 2.75) is 45.7 Å². The van der Waals surface area contributed by atoms with Gasteiger partial charge >= 0.3 is 0 Å². The van der Waals surface area contributed by atoms with Gasteiger partial charge in [0, 0.05) is 30.3 Å². The summed E-state index contributed by atoms with van der Waals surface area (Å²) in [4.78, 5) is 19.1. The molecule has 4 heteroatoms. The van der Waals surface area contributed by atoms with Crippen molar-refractivity contribution in [2.75, 3.05) is 10.2 Å². The minimum atomic E-state index is 0.142. The summed E-state index contributed by atoms with van der Waals surface area (Å²) in [5.74, 6) is 1.98. The first-order valence-corrected chi connectivity index (χ1v) is 9.15. The second kappa shape index (κ2) is 6.17. The molecule has 25 heavy (non-hydrogen) atoms. The van der Waals surface area contributed by atoms with Crippen molar-refractivity contribution in [1.82, 2.24) is 4.98 Å². The van der Waals surface area contributed by atoms with Crippen molar-refractivity contribution in [3.63, 3.8) is 0 Å². The van der Waals surface area contributed by atoms with E-state index in [9.17, 15) is 4.79 Å². The number of nitrogens with one attached hydrogen (secondary N) is 1. The summed E-state index contributed by atoms with van der Waals surface area (Å²) in [7, 11) is 0. The number of amides is 1. The molecule has 130 valence electrons. The second-order valence-electron chi connectivity index (χ2n) is 7.42. The van der Waals surface area contributed by atoms with E-state index in [0.717, 1.165) is 17.2 Å². The predicted octanol–water partition coefficient (Wildman–Crippen LogP) is 4.32. The molecule has 0 spiro atoms. The van der Waals surface area contributed by atoms with Gasteiger partial charge in [-0.3, -0.25) is 4.79 Å². The average molecular weight is 335 g/mol. The maximum Gasteiger partial charge on any atom is 0.224 e. The van der Waals surface area contributed by atoms with Crippen LogP contribution in [0, 0.1) is 18.8 Å². The van der Waals surface area contributed by atoms with E-state index in [1.165, 1.54) is 18.4 Å². The van der Waals surface area contributed by atoms with Crippen LogP contribution in [-0.2, 0) is 4.79 Å². The zero-order valence-electron chi connectivity index (χ0n) is 15.1. The number of fused-ring (bicyclic) bond motifs is 1. The molecule has 1 saturated carbocycles. The van der Waals surface area contributed by atoms with E-state index in [4.69, 9.17) is 0 Å². The van der Waals surface area contributed by atoms with Crippen LogP contribution in [0.15, 0.2) is 42.5 Å². The molecular weight excluding hydrogens is 310 g/mol. The summed E-state index contributed by atoms with van der Waals surface area (Å²) < 4.78 is 0. The second-order valence-corrected chi connectivity index (χ2v) is 7.42. The number of nitrogens with zero attached hydrogens (tertiary/aromatic N) is 2. The first-order chi connectivity index (χ1) is 12.1. The molecule has 2 aromatic rings. The Morgan fingerprint density at radius 3 is 2.60 bits per heavy atom. The summed E-state index contributed by atoms with van der Waals surface area (Å²) in [5, 5.41) is 3.65. The van der Waals surface area contributed by atoms with E-state index in [-0.39, 0.29) is 18.0 Å². The molecular formula is C21H25N3O. The Balaban J connectivity index is 1.77. The first kappa shape index (κ1) is 16.1. The summed E-state index contributed by atoms with van der Waals surface area (Å²) >= 11 is 0. The lowest BCUT2D eigenvalue weighted by Crippen LogP contribution is -2.51. The van der Waals surface area contributed by atoms with Crippen LogP contribution in [0.4, 0.5) is 11.5 Å². The Morgan fingerprint density at radius 1 is 1.16 bits per heavy atom. The largest absolute Gasteiger partial charge is 0.363 e. The Labute approximate surface area is 149 Å². The number of anilines is 2. The summed E-state index contributed by atoms with van der Waals surface area (Å²) in [5.41, 5.74) is 3.24. The van der Waals surface area contributed by atoms with Gasteiger partial charge < -0.3 is 10.2 Å². The fourth-order valence-electron chi connectivity index (χ4n) is 4.30. The van der Waals surface area contributed by atoms with Gasteiger partial charge in [-0.2, -0.15) is 0 Å². The minimum absolute atomic E-state index is 0.142. The van der Waals surface area contributed by atoms with Crippen LogP contribution in [0.2, 0.25) is 0 Å². The van der Waals surface area contributed by atoms with Crippen molar-refractivity contribution < 1.29 is 4.79 Å². The summed E-state index contributed by atoms with van der Waals surface area (Å²) in [6, 6.07) is 14.8. The number of para-hydroxylation sites is 1. The molecule has 1 N–H and O–H groups in total. The number of aryl methyl sites for hydroxylation is 1. The normalized spacial score (nSPS) is 25.4. The minimum Gasteiger partial charge on any atom is -0.363 e. The molecule has 0 bridgehead atoms. The third-order valence-corrected chi connectivity index (χ3v) is 5.53. The van der Waals surface area contributed by atoms with Crippen molar-refractivity contribution in [1.29, 1.82) is 0 Å². The van der Waals surface area contributed by atoms with E-state index in [2.05, 4.69) is 35.4 Å². The van der Waals surface area contributed by atoms with Crippen LogP contribution in [0.5, 0.6) is 0 Å². The standard InChI is InChI=1S/C21H25N3O/c1-13-7-6-10-19(22-13)23-20-14(2)21(16-11-12-16)24(15(3)25)18-9-5-4-8-17(18)20/h4-10,14,16,20-21H,11-12H2,1-3H3,(H,22,23)/t14-,20?,21-/m1/s1. The number of pyridine rings is 1. The lowest BCUT2D eigenvalue weighted by atomic mass is 9.80. The lowest BCUT2D eigenvalue weighted by molar-refractivity contribution is -0.117. The fraction of sp³-hybridized carbons (Fsp3) is 0.429. The SMILES string of the molecule is CC(=O)N1c2ccccc2C(Nc2cccc(C)n2)[C@@H](C)[C@@H]1C1CC1. The van der Waals surface area contributed by atoms with Crippen molar-refractivity contribution in [3.05, 3.63) is 53.7 Å². The number of rotatable bonds is 3. The van der Waals surface area contributed by atoms with Gasteiger partial charge in [0.1, 0.15) is 5.82 Å². The molecule has 3 atom stereocenters. The molecule has 4 nitrogen and oxygen atoms in total. The fourth-order valence-corrected chi connectivity index (χ4v) is 4.30. The molecule has 1 fully saturated rings. The van der Waals surface area contributed by atoms with E-state index in [1.54, 1.807) is 6.92 Å². The number of carbonyl (C=O) groups is 1. The Morgan fingerprint density at radius 2 is 1.92 bits per heavy atom. The molecule has 1 aliphatic heterocycles. The third-order valence-electron chi connectivity index (χ3n) is 5.53. The molecule has 1 amide bonds. The first-order valence-electron chi connectivity index (χ1n) is 9.15. The molecule has 0 saturated heterocycles. The van der Waals surface area contributed by atoms with E-state index < -0.39 is 0 Å². The summed E-state index contributed by atoms with van der Waals surface area (Å²) in [6.45, 7) is 5.96. The molecule has 1 aromatic heterocycles. The molecule has 0 radical (unpaired) electrons. The monoisotopic (exact) mass is 335 g/mol. The third kappa shape index (κ3) is 2.90. The molecule has 1 unspecified atom stereocenters. The Hall–Kier alpha value is -2.36. The molecule has 2 heterocycles. The van der Waals surface area contributed by atoms with Crippen LogP contribution in [0.25, 0.3) is 0 Å². The maximum atomic E-state index is 12.5. The number of hydrogen-bond donors (Lipinski definition) is 1. The predicted molar refractivity (Wildman–Crippen MR) is 101 cm³/mol. The van der Waals surface area contributed by atoms with Gasteiger partial charge in [0.15, 0.2) is 0 Å². The van der Waals surface area contributed by atoms with Gasteiger partial charge in [-0.25, -0.2) is 4.98 Å². The Kier molecular flexibility index (Phi) is 3.98. The van der Waals surface area contributed by atoms with Crippen LogP contribution in [-0.4, -0.2) is 16.9 Å². The van der Waals surface area contributed by atoms with Crippen LogP contribution in [0.1, 0.15) is 44.0 Å². The highest BCUT2D eigenvalue weighted by atomic mass is 16.2. The van der Waals surface area contributed by atoms with Crippen LogP contribution < -0.4 is 10.2 Å². The van der Waals surface area contributed by atoms with Crippen molar-refractivity contribution in [3.8, 4) is 0 Å². The highest BCUT2D eigenvalue weighted by Gasteiger charge is 2.47. The topological polar surface area (TPSA) is 45.2 Å². The number of carbonyl (C=O) groups excluding carboxylic acids is 1. The highest BCUT2D eigenvalue weighted by molar-refractivity contribution is 5.94. The maximum absolute atomic E-state index is 12.5. The smallest absolute Gasteiger partial charge is 0.224 e. The van der Waals surface area contributed by atoms with Crippen molar-refractivity contribution >= 4 is 17.4 Å². The number of benzene rings is 1. The molecule has 4 rings (SSSR count). The molecule has 2 aliphatic rings. The lowest BCUT2D eigenvalue weighted by Gasteiger charge is -2.45. The van der Waals surface area contributed by atoms with E-state index >= 15 is 0 Å². The number of hydrogen-bond acceptors (Lipinski definition) is 3. The number of aromatic nitrogens is 1. The highest BCUT2D eigenvalue weighted by Crippen LogP contribution is 2.49. The van der Waals surface area contributed by atoms with E-state index in [0.29, 0.717) is 11.8 Å². The molecule has 1 aromatic carbocycles.